The Morgan fingerprint density at radius 2 is 1.83 bits per heavy atom. The predicted molar refractivity (Wildman–Crippen MR) is 112 cm³/mol. The lowest BCUT2D eigenvalue weighted by atomic mass is 10.0. The highest BCUT2D eigenvalue weighted by atomic mass is 16.5. The summed E-state index contributed by atoms with van der Waals surface area (Å²) >= 11 is 0. The van der Waals surface area contributed by atoms with Crippen molar-refractivity contribution in [3.63, 3.8) is 0 Å². The van der Waals surface area contributed by atoms with E-state index < -0.39 is 5.97 Å². The summed E-state index contributed by atoms with van der Waals surface area (Å²) < 4.78 is 7.37. The number of esters is 1. The number of benzene rings is 2. The van der Waals surface area contributed by atoms with Gasteiger partial charge in [-0.2, -0.15) is 5.10 Å². The number of aromatic nitrogens is 3. The number of hydrogen-bond donors (Lipinski definition) is 0. The van der Waals surface area contributed by atoms with E-state index in [4.69, 9.17) is 4.74 Å². The average molecular weight is 383 g/mol. The molecule has 0 aliphatic rings. The number of pyridine rings is 1. The highest BCUT2D eigenvalue weighted by Gasteiger charge is 2.21. The molecular weight excluding hydrogens is 362 g/mol. The molecule has 5 heteroatoms. The SMILES string of the molecule is CC(C)c1cccc(OC(=O)c2cn(-c3ccccc3)nc2-c2cccnc2)c1. The fourth-order valence-corrected chi connectivity index (χ4v) is 3.05. The van der Waals surface area contributed by atoms with Crippen molar-refractivity contribution in [2.24, 2.45) is 0 Å². The number of carbonyl (C=O) groups is 1. The smallest absolute Gasteiger partial charge is 0.347 e. The second-order valence-electron chi connectivity index (χ2n) is 7.03. The minimum atomic E-state index is -0.452. The summed E-state index contributed by atoms with van der Waals surface area (Å²) in [7, 11) is 0. The van der Waals surface area contributed by atoms with Gasteiger partial charge in [0, 0.05) is 24.2 Å². The summed E-state index contributed by atoms with van der Waals surface area (Å²) in [6.45, 7) is 4.21. The number of para-hydroxylation sites is 1. The summed E-state index contributed by atoms with van der Waals surface area (Å²) in [5, 5.41) is 4.64. The fourth-order valence-electron chi connectivity index (χ4n) is 3.05. The molecule has 5 nitrogen and oxygen atoms in total. The molecule has 0 radical (unpaired) electrons. The van der Waals surface area contributed by atoms with Crippen LogP contribution in [0.3, 0.4) is 0 Å². The third kappa shape index (κ3) is 4.09. The maximum absolute atomic E-state index is 13.0. The molecule has 0 saturated heterocycles. The Morgan fingerprint density at radius 3 is 2.55 bits per heavy atom. The molecule has 0 aliphatic heterocycles. The minimum Gasteiger partial charge on any atom is -0.423 e. The standard InChI is InChI=1S/C24H21N3O2/c1-17(2)18-8-6-12-21(14-18)29-24(28)22-16-27(20-10-4-3-5-11-20)26-23(22)19-9-7-13-25-15-19/h3-17H,1-2H3. The van der Waals surface area contributed by atoms with E-state index >= 15 is 0 Å². The molecule has 0 bridgehead atoms. The molecule has 0 fully saturated rings. The Hall–Kier alpha value is -3.73. The Bertz CT molecular complexity index is 1120. The monoisotopic (exact) mass is 383 g/mol. The van der Waals surface area contributed by atoms with Crippen molar-refractivity contribution in [1.29, 1.82) is 0 Å². The Kier molecular flexibility index (Phi) is 5.20. The lowest BCUT2D eigenvalue weighted by molar-refractivity contribution is 0.0735. The Labute approximate surface area is 169 Å². The van der Waals surface area contributed by atoms with Gasteiger partial charge in [0.05, 0.1) is 5.69 Å². The van der Waals surface area contributed by atoms with Crippen LogP contribution in [0.25, 0.3) is 16.9 Å². The first-order valence-electron chi connectivity index (χ1n) is 9.49. The molecule has 2 heterocycles. The molecule has 2 aromatic heterocycles. The maximum Gasteiger partial charge on any atom is 0.347 e. The van der Waals surface area contributed by atoms with Crippen LogP contribution in [0.2, 0.25) is 0 Å². The van der Waals surface area contributed by atoms with E-state index in [9.17, 15) is 4.79 Å². The first kappa shape index (κ1) is 18.6. The van der Waals surface area contributed by atoms with E-state index in [1.165, 1.54) is 0 Å². The second kappa shape index (κ2) is 8.10. The molecule has 29 heavy (non-hydrogen) atoms. The van der Waals surface area contributed by atoms with Gasteiger partial charge in [-0.05, 0) is 47.9 Å². The first-order chi connectivity index (χ1) is 14.1. The van der Waals surface area contributed by atoms with Gasteiger partial charge in [-0.3, -0.25) is 4.98 Å². The van der Waals surface area contributed by atoms with Crippen LogP contribution in [-0.2, 0) is 0 Å². The van der Waals surface area contributed by atoms with Crippen LogP contribution in [0.15, 0.2) is 85.3 Å². The molecule has 0 aliphatic carbocycles. The van der Waals surface area contributed by atoms with Crippen molar-refractivity contribution in [2.45, 2.75) is 19.8 Å². The van der Waals surface area contributed by atoms with Gasteiger partial charge in [0.15, 0.2) is 0 Å². The highest BCUT2D eigenvalue weighted by molar-refractivity contribution is 5.97. The number of rotatable bonds is 5. The van der Waals surface area contributed by atoms with Crippen LogP contribution < -0.4 is 4.74 Å². The zero-order chi connectivity index (χ0) is 20.2. The van der Waals surface area contributed by atoms with Gasteiger partial charge >= 0.3 is 5.97 Å². The molecule has 0 saturated carbocycles. The van der Waals surface area contributed by atoms with Gasteiger partial charge < -0.3 is 4.74 Å². The molecule has 0 amide bonds. The van der Waals surface area contributed by atoms with Crippen LogP contribution in [0.5, 0.6) is 5.75 Å². The van der Waals surface area contributed by atoms with Gasteiger partial charge in [0.1, 0.15) is 17.0 Å². The molecule has 4 rings (SSSR count). The van der Waals surface area contributed by atoms with E-state index in [2.05, 4.69) is 23.9 Å². The Balaban J connectivity index is 1.72. The highest BCUT2D eigenvalue weighted by Crippen LogP contribution is 2.26. The fraction of sp³-hybridized carbons (Fsp3) is 0.125. The molecule has 0 unspecified atom stereocenters. The van der Waals surface area contributed by atoms with Gasteiger partial charge in [-0.15, -0.1) is 0 Å². The summed E-state index contributed by atoms with van der Waals surface area (Å²) in [5.74, 6) is 0.415. The Morgan fingerprint density at radius 1 is 1.00 bits per heavy atom. The van der Waals surface area contributed by atoms with E-state index in [0.29, 0.717) is 22.9 Å². The summed E-state index contributed by atoms with van der Waals surface area (Å²) in [5.41, 5.74) is 3.65. The molecule has 0 N–H and O–H groups in total. The van der Waals surface area contributed by atoms with Crippen molar-refractivity contribution >= 4 is 5.97 Å². The lowest BCUT2D eigenvalue weighted by Gasteiger charge is -2.08. The van der Waals surface area contributed by atoms with Crippen LogP contribution in [0, 0.1) is 0 Å². The zero-order valence-electron chi connectivity index (χ0n) is 16.3. The average Bonchev–Trinajstić information content (AvgIpc) is 3.21. The lowest BCUT2D eigenvalue weighted by Crippen LogP contribution is -2.09. The van der Waals surface area contributed by atoms with E-state index in [1.807, 2.05) is 60.7 Å². The van der Waals surface area contributed by atoms with Gasteiger partial charge in [0.25, 0.3) is 0 Å². The van der Waals surface area contributed by atoms with Crippen LogP contribution in [0.1, 0.15) is 35.7 Å². The van der Waals surface area contributed by atoms with Gasteiger partial charge in [0.2, 0.25) is 0 Å². The summed E-state index contributed by atoms with van der Waals surface area (Å²) in [6.07, 6.45) is 5.08. The number of nitrogens with zero attached hydrogens (tertiary/aromatic N) is 3. The second-order valence-corrected chi connectivity index (χ2v) is 7.03. The van der Waals surface area contributed by atoms with Gasteiger partial charge in [-0.1, -0.05) is 44.2 Å². The molecule has 4 aromatic rings. The molecule has 0 atom stereocenters. The zero-order valence-corrected chi connectivity index (χ0v) is 16.3. The minimum absolute atomic E-state index is 0.348. The number of carbonyl (C=O) groups excluding carboxylic acids is 1. The molecule has 2 aromatic carbocycles. The largest absolute Gasteiger partial charge is 0.423 e. The van der Waals surface area contributed by atoms with E-state index in [1.54, 1.807) is 29.3 Å². The van der Waals surface area contributed by atoms with Crippen LogP contribution in [-0.4, -0.2) is 20.7 Å². The van der Waals surface area contributed by atoms with E-state index in [0.717, 1.165) is 16.8 Å². The van der Waals surface area contributed by atoms with Crippen molar-refractivity contribution in [3.8, 4) is 22.7 Å². The first-order valence-corrected chi connectivity index (χ1v) is 9.49. The quantitative estimate of drug-likeness (QED) is 0.348. The van der Waals surface area contributed by atoms with E-state index in [-0.39, 0.29) is 0 Å². The van der Waals surface area contributed by atoms with Crippen molar-refractivity contribution < 1.29 is 9.53 Å². The number of ether oxygens (including phenoxy) is 1. The van der Waals surface area contributed by atoms with Gasteiger partial charge in [-0.25, -0.2) is 9.48 Å². The molecule has 0 spiro atoms. The van der Waals surface area contributed by atoms with Crippen LogP contribution in [0.4, 0.5) is 0 Å². The van der Waals surface area contributed by atoms with Crippen LogP contribution >= 0.6 is 0 Å². The third-order valence-electron chi connectivity index (χ3n) is 4.63. The van der Waals surface area contributed by atoms with Crippen molar-refractivity contribution in [2.75, 3.05) is 0 Å². The number of hydrogen-bond acceptors (Lipinski definition) is 4. The maximum atomic E-state index is 13.0. The van der Waals surface area contributed by atoms with Crippen molar-refractivity contribution in [3.05, 3.63) is 96.4 Å². The normalized spacial score (nSPS) is 10.9. The molecule has 144 valence electrons. The predicted octanol–water partition coefficient (Wildman–Crippen LogP) is 5.28. The summed E-state index contributed by atoms with van der Waals surface area (Å²) in [4.78, 5) is 17.2. The van der Waals surface area contributed by atoms with Crippen molar-refractivity contribution in [1.82, 2.24) is 14.8 Å². The molecular formula is C24H21N3O2. The topological polar surface area (TPSA) is 57.0 Å². The third-order valence-corrected chi connectivity index (χ3v) is 4.63. The summed E-state index contributed by atoms with van der Waals surface area (Å²) in [6, 6.07) is 21.0.